The third kappa shape index (κ3) is 2.89. The van der Waals surface area contributed by atoms with E-state index in [1.807, 2.05) is 49.5 Å². The van der Waals surface area contributed by atoms with Gasteiger partial charge in [-0.1, -0.05) is 30.3 Å². The van der Waals surface area contributed by atoms with Gasteiger partial charge < -0.3 is 9.45 Å². The van der Waals surface area contributed by atoms with Gasteiger partial charge in [0.15, 0.2) is 0 Å². The van der Waals surface area contributed by atoms with E-state index in [1.54, 1.807) is 6.26 Å². The number of benzene rings is 2. The maximum absolute atomic E-state index is 12.9. The average Bonchev–Trinajstić information content (AvgIpc) is 2.53. The van der Waals surface area contributed by atoms with Crippen LogP contribution in [-0.4, -0.2) is 24.4 Å². The molecule has 3 nitrogen and oxygen atoms in total. The van der Waals surface area contributed by atoms with E-state index in [1.165, 1.54) is 0 Å². The Hall–Kier alpha value is -1.43. The maximum Gasteiger partial charge on any atom is 0.144 e. The number of likely N-dealkylation sites (N-methyl/N-ethyl adjacent to an activating group) is 1. The van der Waals surface area contributed by atoms with Gasteiger partial charge in [-0.25, -0.2) is 0 Å². The summed E-state index contributed by atoms with van der Waals surface area (Å²) in [7, 11) is -0.381. The van der Waals surface area contributed by atoms with Gasteiger partial charge in [-0.15, -0.1) is 4.36 Å². The highest BCUT2D eigenvalue weighted by molar-refractivity contribution is 9.15. The minimum atomic E-state index is -2.39. The summed E-state index contributed by atoms with van der Waals surface area (Å²) in [6.07, 6.45) is 1.70. The molecule has 2 aromatic rings. The van der Waals surface area contributed by atoms with Crippen LogP contribution >= 0.6 is 15.9 Å². The van der Waals surface area contributed by atoms with Gasteiger partial charge in [0.25, 0.3) is 0 Å². The predicted molar refractivity (Wildman–Crippen MR) is 96.8 cm³/mol. The molecule has 0 fully saturated rings. The van der Waals surface area contributed by atoms with Crippen LogP contribution in [0.5, 0.6) is 0 Å². The second-order valence-electron chi connectivity index (χ2n) is 5.34. The minimum absolute atomic E-state index is 0.601. The van der Waals surface area contributed by atoms with Crippen LogP contribution < -0.4 is 4.90 Å². The second kappa shape index (κ2) is 5.99. The molecule has 0 aliphatic carbocycles. The third-order valence-corrected chi connectivity index (χ3v) is 6.28. The lowest BCUT2D eigenvalue weighted by molar-refractivity contribution is 0.588. The van der Waals surface area contributed by atoms with Crippen LogP contribution in [-0.2, 0) is 10.1 Å². The first kappa shape index (κ1) is 15.5. The molecule has 0 N–H and O–H groups in total. The molecule has 0 radical (unpaired) electrons. The molecule has 3 rings (SSSR count). The van der Waals surface area contributed by atoms with E-state index in [0.717, 1.165) is 26.3 Å². The molecule has 1 atom stereocenters. The zero-order valence-corrected chi connectivity index (χ0v) is 14.9. The number of hydrogen-bond donors (Lipinski definition) is 0. The van der Waals surface area contributed by atoms with Gasteiger partial charge in [0, 0.05) is 18.3 Å². The number of para-hydroxylation sites is 1. The van der Waals surface area contributed by atoms with Gasteiger partial charge >= 0.3 is 0 Å². The summed E-state index contributed by atoms with van der Waals surface area (Å²) in [5, 5.41) is 0. The quantitative estimate of drug-likeness (QED) is 0.746. The van der Waals surface area contributed by atoms with Crippen molar-refractivity contribution in [2.45, 2.75) is 4.90 Å². The summed E-state index contributed by atoms with van der Waals surface area (Å²) >= 11 is 3.64. The lowest BCUT2D eigenvalue weighted by Crippen LogP contribution is -2.23. The number of anilines is 1. The normalized spacial score (nSPS) is 20.4. The molecule has 114 valence electrons. The molecule has 1 unspecified atom stereocenters. The first-order valence-corrected chi connectivity index (χ1v) is 9.67. The zero-order valence-electron chi connectivity index (χ0n) is 12.5. The Labute approximate surface area is 140 Å². The van der Waals surface area contributed by atoms with Crippen LogP contribution in [0.2, 0.25) is 0 Å². The van der Waals surface area contributed by atoms with E-state index in [0.29, 0.717) is 6.54 Å². The van der Waals surface area contributed by atoms with Crippen molar-refractivity contribution in [2.24, 2.45) is 4.36 Å². The molecule has 1 heterocycles. The van der Waals surface area contributed by atoms with Gasteiger partial charge in [0.1, 0.15) is 10.6 Å². The lowest BCUT2D eigenvalue weighted by Gasteiger charge is -2.27. The molecule has 0 bridgehead atoms. The van der Waals surface area contributed by atoms with Gasteiger partial charge in [0.2, 0.25) is 0 Å². The van der Waals surface area contributed by atoms with Crippen LogP contribution in [0.1, 0.15) is 5.56 Å². The Morgan fingerprint density at radius 3 is 2.45 bits per heavy atom. The van der Waals surface area contributed by atoms with Crippen molar-refractivity contribution in [3.05, 3.63) is 65.9 Å². The number of hydrogen-bond acceptors (Lipinski definition) is 3. The monoisotopic (exact) mass is 376 g/mol. The molecular formula is C17H17BrN2OS. The molecule has 22 heavy (non-hydrogen) atoms. The highest BCUT2D eigenvalue weighted by atomic mass is 79.9. The van der Waals surface area contributed by atoms with Crippen molar-refractivity contribution < 1.29 is 4.55 Å². The van der Waals surface area contributed by atoms with Crippen molar-refractivity contribution in [1.29, 1.82) is 0 Å². The van der Waals surface area contributed by atoms with Crippen molar-refractivity contribution in [2.75, 3.05) is 24.7 Å². The fourth-order valence-electron chi connectivity index (χ4n) is 2.53. The van der Waals surface area contributed by atoms with Crippen LogP contribution in [0.4, 0.5) is 5.69 Å². The fraction of sp³-hybridized carbons (Fsp3) is 0.176. The molecular weight excluding hydrogens is 360 g/mol. The molecule has 0 amide bonds. The van der Waals surface area contributed by atoms with Crippen LogP contribution in [0, 0.1) is 0 Å². The molecule has 0 spiro atoms. The summed E-state index contributed by atoms with van der Waals surface area (Å²) in [4.78, 5) is 2.90. The van der Waals surface area contributed by atoms with Crippen LogP contribution in [0.25, 0.3) is 4.48 Å². The fourth-order valence-corrected chi connectivity index (χ4v) is 4.92. The number of halogens is 1. The van der Waals surface area contributed by atoms with E-state index < -0.39 is 10.1 Å². The first-order valence-electron chi connectivity index (χ1n) is 6.95. The van der Waals surface area contributed by atoms with Gasteiger partial charge in [-0.05, 0) is 50.3 Å². The summed E-state index contributed by atoms with van der Waals surface area (Å²) in [5.74, 6) is 0. The maximum atomic E-state index is 12.9. The average molecular weight is 377 g/mol. The number of fused-ring (bicyclic) bond motifs is 1. The lowest BCUT2D eigenvalue weighted by atomic mass is 10.2. The summed E-state index contributed by atoms with van der Waals surface area (Å²) in [6.45, 7) is 0.601. The highest BCUT2D eigenvalue weighted by Gasteiger charge is 2.26. The van der Waals surface area contributed by atoms with Crippen molar-refractivity contribution >= 4 is 36.2 Å². The SMILES string of the molecule is CN(CC1=C(Br)c2ccccc2[S+](C)([O-])=N1)c1ccccc1. The molecule has 2 aromatic carbocycles. The van der Waals surface area contributed by atoms with Crippen molar-refractivity contribution in [3.8, 4) is 0 Å². The van der Waals surface area contributed by atoms with E-state index in [2.05, 4.69) is 37.3 Å². The standard InChI is InChI=1S/C17H17BrN2OS/c1-20(13-8-4-3-5-9-13)12-15-17(18)14-10-6-7-11-16(14)22(2,21)19-15/h3-11H,12H2,1-2H3. The second-order valence-corrected chi connectivity index (χ2v) is 8.36. The molecule has 5 heteroatoms. The zero-order chi connectivity index (χ0) is 15.7. The van der Waals surface area contributed by atoms with Gasteiger partial charge in [0.05, 0.1) is 17.3 Å². The molecule has 1 aliphatic heterocycles. The summed E-state index contributed by atoms with van der Waals surface area (Å²) in [5.41, 5.74) is 2.89. The van der Waals surface area contributed by atoms with Gasteiger partial charge in [-0.3, -0.25) is 0 Å². The Balaban J connectivity index is 2.00. The van der Waals surface area contributed by atoms with E-state index in [4.69, 9.17) is 0 Å². The summed E-state index contributed by atoms with van der Waals surface area (Å²) in [6, 6.07) is 17.8. The van der Waals surface area contributed by atoms with Crippen molar-refractivity contribution in [3.63, 3.8) is 0 Å². The highest BCUT2D eigenvalue weighted by Crippen LogP contribution is 2.39. The molecule has 1 aliphatic rings. The first-order chi connectivity index (χ1) is 10.5. The van der Waals surface area contributed by atoms with E-state index in [9.17, 15) is 4.55 Å². The Morgan fingerprint density at radius 1 is 1.09 bits per heavy atom. The minimum Gasteiger partial charge on any atom is -0.626 e. The molecule has 0 saturated carbocycles. The molecule has 0 saturated heterocycles. The Kier molecular flexibility index (Phi) is 4.21. The van der Waals surface area contributed by atoms with Gasteiger partial charge in [-0.2, -0.15) is 0 Å². The summed E-state index contributed by atoms with van der Waals surface area (Å²) < 4.78 is 18.3. The number of rotatable bonds is 3. The third-order valence-electron chi connectivity index (χ3n) is 3.65. The van der Waals surface area contributed by atoms with E-state index >= 15 is 0 Å². The van der Waals surface area contributed by atoms with Crippen molar-refractivity contribution in [1.82, 2.24) is 0 Å². The number of nitrogens with zero attached hydrogens (tertiary/aromatic N) is 2. The largest absolute Gasteiger partial charge is 0.626 e. The molecule has 0 aromatic heterocycles. The Bertz CT molecular complexity index is 780. The predicted octanol–water partition coefficient (Wildman–Crippen LogP) is 4.36. The van der Waals surface area contributed by atoms with E-state index in [-0.39, 0.29) is 0 Å². The van der Waals surface area contributed by atoms with Crippen LogP contribution in [0.3, 0.4) is 0 Å². The Morgan fingerprint density at radius 2 is 1.73 bits per heavy atom. The van der Waals surface area contributed by atoms with Crippen LogP contribution in [0.15, 0.2) is 69.6 Å². The topological polar surface area (TPSA) is 38.7 Å². The smallest absolute Gasteiger partial charge is 0.144 e.